The zero-order valence-corrected chi connectivity index (χ0v) is 13.1. The molecule has 0 atom stereocenters. The first-order valence-electron chi connectivity index (χ1n) is 8.39. The molecule has 0 heteroatoms. The summed E-state index contributed by atoms with van der Waals surface area (Å²) in [5.41, 5.74) is 2.71. The number of rotatable bonds is 0. The second kappa shape index (κ2) is 4.24. The molecule has 0 amide bonds. The monoisotopic (exact) mass is 302 g/mol. The third-order valence-electron chi connectivity index (χ3n) is 5.37. The Kier molecular flexibility index (Phi) is 2.18. The van der Waals surface area contributed by atoms with Crippen molar-refractivity contribution >= 4 is 55.2 Å². The Hall–Kier alpha value is -3.12. The van der Waals surface area contributed by atoms with Gasteiger partial charge in [-0.25, -0.2) is 0 Å². The van der Waals surface area contributed by atoms with Crippen molar-refractivity contribution in [2.24, 2.45) is 0 Å². The molecule has 6 rings (SSSR count). The van der Waals surface area contributed by atoms with E-state index in [1.165, 1.54) is 54.2 Å². The molecule has 0 aliphatic heterocycles. The smallest absolute Gasteiger partial charge is 0.00197 e. The predicted molar refractivity (Wildman–Crippen MR) is 105 cm³/mol. The Morgan fingerprint density at radius 1 is 0.458 bits per heavy atom. The summed E-state index contributed by atoms with van der Waals surface area (Å²) in [6.07, 6.45) is 4.54. The maximum absolute atomic E-state index is 2.37. The fourth-order valence-corrected chi connectivity index (χ4v) is 4.39. The van der Waals surface area contributed by atoms with Crippen molar-refractivity contribution in [3.8, 4) is 0 Å². The van der Waals surface area contributed by atoms with Crippen LogP contribution in [0.15, 0.2) is 72.8 Å². The number of hydrogen-bond acceptors (Lipinski definition) is 0. The number of fused-ring (bicyclic) bond motifs is 7. The van der Waals surface area contributed by atoms with Gasteiger partial charge in [-0.15, -0.1) is 0 Å². The molecule has 0 unspecified atom stereocenters. The lowest BCUT2D eigenvalue weighted by molar-refractivity contribution is 1.76. The summed E-state index contributed by atoms with van der Waals surface area (Å²) >= 11 is 0. The first kappa shape index (κ1) is 12.3. The zero-order chi connectivity index (χ0) is 15.7. The highest BCUT2D eigenvalue weighted by Gasteiger charge is 2.17. The normalized spacial score (nSPS) is 12.8. The summed E-state index contributed by atoms with van der Waals surface area (Å²) in [4.78, 5) is 0. The molecule has 24 heavy (non-hydrogen) atoms. The summed E-state index contributed by atoms with van der Waals surface area (Å²) in [7, 11) is 0. The van der Waals surface area contributed by atoms with Gasteiger partial charge in [0.25, 0.3) is 0 Å². The summed E-state index contributed by atoms with van der Waals surface area (Å²) in [6, 6.07) is 26.6. The van der Waals surface area contributed by atoms with Crippen LogP contribution >= 0.6 is 0 Å². The molecule has 1 aliphatic carbocycles. The van der Waals surface area contributed by atoms with Crippen LogP contribution in [0.4, 0.5) is 0 Å². The Morgan fingerprint density at radius 2 is 1.12 bits per heavy atom. The molecule has 0 saturated heterocycles. The fourth-order valence-electron chi connectivity index (χ4n) is 4.39. The molecule has 0 fully saturated rings. The van der Waals surface area contributed by atoms with Gasteiger partial charge in [-0.1, -0.05) is 78.9 Å². The average molecular weight is 302 g/mol. The standard InChI is InChI=1S/C24H14/c1-2-10-19-17(8-1)18-9-3-4-11-20(18)24-21-13-12-15-6-5-7-16(23(15)21)14-22(19)24/h1-14H. The van der Waals surface area contributed by atoms with Gasteiger partial charge >= 0.3 is 0 Å². The summed E-state index contributed by atoms with van der Waals surface area (Å²) in [6.45, 7) is 0. The van der Waals surface area contributed by atoms with Gasteiger partial charge in [0.15, 0.2) is 0 Å². The molecule has 110 valence electrons. The van der Waals surface area contributed by atoms with E-state index in [2.05, 4.69) is 84.9 Å². The Bertz CT molecular complexity index is 1340. The molecule has 5 aromatic rings. The third-order valence-corrected chi connectivity index (χ3v) is 5.37. The van der Waals surface area contributed by atoms with Crippen molar-refractivity contribution in [2.75, 3.05) is 0 Å². The molecule has 0 nitrogen and oxygen atoms in total. The van der Waals surface area contributed by atoms with Crippen molar-refractivity contribution in [3.05, 3.63) is 83.9 Å². The first-order valence-corrected chi connectivity index (χ1v) is 8.39. The molecular formula is C24H14. The second-order valence-electron chi connectivity index (χ2n) is 6.58. The highest BCUT2D eigenvalue weighted by molar-refractivity contribution is 6.31. The molecular weight excluding hydrogens is 288 g/mol. The molecule has 0 spiro atoms. The van der Waals surface area contributed by atoms with Gasteiger partial charge < -0.3 is 0 Å². The van der Waals surface area contributed by atoms with Crippen LogP contribution in [0.3, 0.4) is 0 Å². The van der Waals surface area contributed by atoms with E-state index in [-0.39, 0.29) is 0 Å². The minimum atomic E-state index is 1.33. The Balaban J connectivity index is 2.06. The summed E-state index contributed by atoms with van der Waals surface area (Å²) in [5, 5.41) is 10.8. The second-order valence-corrected chi connectivity index (χ2v) is 6.58. The topological polar surface area (TPSA) is 0 Å². The molecule has 0 aromatic heterocycles. The lowest BCUT2D eigenvalue weighted by Crippen LogP contribution is -1.87. The van der Waals surface area contributed by atoms with E-state index in [9.17, 15) is 0 Å². The van der Waals surface area contributed by atoms with E-state index in [4.69, 9.17) is 0 Å². The van der Waals surface area contributed by atoms with Crippen LogP contribution in [-0.2, 0) is 0 Å². The molecule has 0 heterocycles. The average Bonchev–Trinajstić information content (AvgIpc) is 3.08. The largest absolute Gasteiger partial charge is 0.0616 e. The number of hydrogen-bond donors (Lipinski definition) is 0. The first-order chi connectivity index (χ1) is 11.9. The lowest BCUT2D eigenvalue weighted by Gasteiger charge is -2.14. The van der Waals surface area contributed by atoms with Crippen LogP contribution in [0, 0.1) is 0 Å². The zero-order valence-electron chi connectivity index (χ0n) is 13.1. The van der Waals surface area contributed by atoms with Crippen molar-refractivity contribution < 1.29 is 0 Å². The number of benzene rings is 5. The molecule has 0 radical (unpaired) electrons. The minimum absolute atomic E-state index is 1.33. The molecule has 0 N–H and O–H groups in total. The molecule has 5 aromatic carbocycles. The predicted octanol–water partition coefficient (Wildman–Crippen LogP) is 6.78. The Labute approximate surface area is 139 Å². The third kappa shape index (κ3) is 1.39. The van der Waals surface area contributed by atoms with E-state index in [1.807, 2.05) is 0 Å². The Morgan fingerprint density at radius 3 is 1.92 bits per heavy atom. The van der Waals surface area contributed by atoms with Crippen molar-refractivity contribution in [1.29, 1.82) is 0 Å². The van der Waals surface area contributed by atoms with Gasteiger partial charge in [-0.3, -0.25) is 0 Å². The van der Waals surface area contributed by atoms with Crippen LogP contribution in [0.5, 0.6) is 0 Å². The van der Waals surface area contributed by atoms with E-state index in [0.29, 0.717) is 0 Å². The summed E-state index contributed by atoms with van der Waals surface area (Å²) < 4.78 is 0. The summed E-state index contributed by atoms with van der Waals surface area (Å²) in [5.74, 6) is 0. The van der Waals surface area contributed by atoms with Crippen LogP contribution in [0.2, 0.25) is 0 Å². The van der Waals surface area contributed by atoms with Gasteiger partial charge in [-0.05, 0) is 60.3 Å². The van der Waals surface area contributed by atoms with E-state index >= 15 is 0 Å². The van der Waals surface area contributed by atoms with Gasteiger partial charge in [0.2, 0.25) is 0 Å². The SMILES string of the molecule is C1=Cc2c3c1cccc3cc1c3ccccc3c3ccccc3c21. The molecule has 0 saturated carbocycles. The lowest BCUT2D eigenvalue weighted by atomic mass is 9.89. The molecule has 1 aliphatic rings. The van der Waals surface area contributed by atoms with Gasteiger partial charge in [0.1, 0.15) is 0 Å². The minimum Gasteiger partial charge on any atom is -0.0616 e. The van der Waals surface area contributed by atoms with Gasteiger partial charge in [0.05, 0.1) is 0 Å². The maximum atomic E-state index is 2.37. The van der Waals surface area contributed by atoms with Crippen molar-refractivity contribution in [1.82, 2.24) is 0 Å². The van der Waals surface area contributed by atoms with E-state index < -0.39 is 0 Å². The van der Waals surface area contributed by atoms with Gasteiger partial charge in [-0.2, -0.15) is 0 Å². The maximum Gasteiger partial charge on any atom is -0.00197 e. The van der Waals surface area contributed by atoms with E-state index in [0.717, 1.165) is 0 Å². The highest BCUT2D eigenvalue weighted by Crippen LogP contribution is 2.43. The fraction of sp³-hybridized carbons (Fsp3) is 0. The molecule has 0 bridgehead atoms. The van der Waals surface area contributed by atoms with Crippen LogP contribution in [-0.4, -0.2) is 0 Å². The highest BCUT2D eigenvalue weighted by atomic mass is 14.2. The van der Waals surface area contributed by atoms with Crippen molar-refractivity contribution in [3.63, 3.8) is 0 Å². The van der Waals surface area contributed by atoms with Crippen molar-refractivity contribution in [2.45, 2.75) is 0 Å². The van der Waals surface area contributed by atoms with Crippen LogP contribution < -0.4 is 0 Å². The van der Waals surface area contributed by atoms with Gasteiger partial charge in [0, 0.05) is 0 Å². The van der Waals surface area contributed by atoms with Crippen LogP contribution in [0.1, 0.15) is 11.1 Å². The van der Waals surface area contributed by atoms with E-state index in [1.54, 1.807) is 0 Å². The van der Waals surface area contributed by atoms with Crippen LogP contribution in [0.25, 0.3) is 55.2 Å². The quantitative estimate of drug-likeness (QED) is 0.214.